The number of nitrogens with zero attached hydrogens (tertiary/aromatic N) is 2. The molecular formula is C24H20Cl2F2N2O3. The number of hydrogen-bond donors (Lipinski definition) is 1. The van der Waals surface area contributed by atoms with Crippen molar-refractivity contribution in [3.8, 4) is 11.1 Å². The van der Waals surface area contributed by atoms with Crippen molar-refractivity contribution in [2.24, 2.45) is 0 Å². The van der Waals surface area contributed by atoms with Gasteiger partial charge in [0.05, 0.1) is 35.6 Å². The molecule has 1 N–H and O–H groups in total. The van der Waals surface area contributed by atoms with E-state index in [2.05, 4.69) is 0 Å². The molecule has 0 spiro atoms. The lowest BCUT2D eigenvalue weighted by molar-refractivity contribution is -0.114. The highest BCUT2D eigenvalue weighted by Crippen LogP contribution is 2.40. The third kappa shape index (κ3) is 4.48. The fraction of sp³-hybridized carbons (Fsp3) is 0.250. The molecular weight excluding hydrogens is 473 g/mol. The highest BCUT2D eigenvalue weighted by Gasteiger charge is 2.32. The van der Waals surface area contributed by atoms with Gasteiger partial charge in [0.2, 0.25) is 0 Å². The highest BCUT2D eigenvalue weighted by molar-refractivity contribution is 6.34. The van der Waals surface area contributed by atoms with Crippen LogP contribution in [0.4, 0.5) is 20.2 Å². The fourth-order valence-electron chi connectivity index (χ4n) is 3.91. The lowest BCUT2D eigenvalue weighted by Gasteiger charge is -2.39. The van der Waals surface area contributed by atoms with Gasteiger partial charge in [-0.2, -0.15) is 0 Å². The highest BCUT2D eigenvalue weighted by atomic mass is 35.5. The minimum atomic E-state index is -1.09. The summed E-state index contributed by atoms with van der Waals surface area (Å²) in [6.07, 6.45) is 1.13. The van der Waals surface area contributed by atoms with Gasteiger partial charge in [-0.05, 0) is 54.8 Å². The van der Waals surface area contributed by atoms with Crippen LogP contribution in [0, 0.1) is 0 Å². The Morgan fingerprint density at radius 2 is 1.88 bits per heavy atom. The van der Waals surface area contributed by atoms with Gasteiger partial charge in [0.25, 0.3) is 5.91 Å². The van der Waals surface area contributed by atoms with Crippen LogP contribution in [0.5, 0.6) is 0 Å². The van der Waals surface area contributed by atoms with Gasteiger partial charge in [-0.3, -0.25) is 4.79 Å². The number of alkyl halides is 1. The van der Waals surface area contributed by atoms with E-state index in [0.717, 1.165) is 0 Å². The first kappa shape index (κ1) is 23.3. The van der Waals surface area contributed by atoms with Crippen molar-refractivity contribution in [3.63, 3.8) is 0 Å². The summed E-state index contributed by atoms with van der Waals surface area (Å²) in [5.41, 5.74) is 1.97. The monoisotopic (exact) mass is 492 g/mol. The Morgan fingerprint density at radius 1 is 1.15 bits per heavy atom. The largest absolute Gasteiger partial charge is 0.478 e. The van der Waals surface area contributed by atoms with Crippen LogP contribution in [0.15, 0.2) is 58.9 Å². The van der Waals surface area contributed by atoms with Gasteiger partial charge in [-0.1, -0.05) is 29.3 Å². The average Bonchev–Trinajstić information content (AvgIpc) is 2.76. The summed E-state index contributed by atoms with van der Waals surface area (Å²) in [4.78, 5) is 27.6. The molecule has 1 aliphatic carbocycles. The number of anilines is 2. The lowest BCUT2D eigenvalue weighted by Crippen LogP contribution is -2.49. The topological polar surface area (TPSA) is 60.9 Å². The van der Waals surface area contributed by atoms with Crippen LogP contribution in [-0.4, -0.2) is 43.3 Å². The number of likely N-dealkylation sites (N-methyl/N-ethyl adjacent to an activating group) is 1. The number of rotatable bonds is 5. The standard InChI is InChI=1S/C24H20Cl2F2N2O3/c1-29(23(31)22-18(26)3-2-4-19(22)28)20-8-6-13(10-21(20)30-11-15(27)12-30)16-9-14(24(32)33)5-7-17(16)25/h4-10,15H,2-3,11-12H2,1H3,(H,32,33). The Morgan fingerprint density at radius 3 is 2.52 bits per heavy atom. The molecule has 0 aromatic heterocycles. The predicted octanol–water partition coefficient (Wildman–Crippen LogP) is 5.97. The number of amides is 1. The van der Waals surface area contributed by atoms with Crippen molar-refractivity contribution >= 4 is 46.5 Å². The Kier molecular flexibility index (Phi) is 6.45. The van der Waals surface area contributed by atoms with Crippen molar-refractivity contribution in [2.45, 2.75) is 19.0 Å². The summed E-state index contributed by atoms with van der Waals surface area (Å²) in [5, 5.41) is 9.83. The molecule has 2 aromatic rings. The smallest absolute Gasteiger partial charge is 0.335 e. The molecule has 33 heavy (non-hydrogen) atoms. The molecule has 1 aliphatic heterocycles. The molecule has 4 rings (SSSR count). The number of allylic oxidation sites excluding steroid dienone is 2. The van der Waals surface area contributed by atoms with Crippen LogP contribution >= 0.6 is 23.2 Å². The molecule has 1 saturated heterocycles. The third-order valence-corrected chi connectivity index (χ3v) is 6.46. The summed E-state index contributed by atoms with van der Waals surface area (Å²) in [6.45, 7) is 0.276. The minimum absolute atomic E-state index is 0.0706. The van der Waals surface area contributed by atoms with Crippen LogP contribution in [0.1, 0.15) is 23.2 Å². The first-order valence-electron chi connectivity index (χ1n) is 10.3. The zero-order chi connectivity index (χ0) is 23.9. The SMILES string of the molecule is CN(C(=O)C1=C(Cl)CCC=C1F)c1ccc(-c2cc(C(=O)O)ccc2Cl)cc1N1CC(F)C1. The molecule has 9 heteroatoms. The van der Waals surface area contributed by atoms with E-state index in [1.54, 1.807) is 23.1 Å². The van der Waals surface area contributed by atoms with Crippen LogP contribution in [0.25, 0.3) is 11.1 Å². The van der Waals surface area contributed by atoms with E-state index in [1.807, 2.05) is 0 Å². The Bertz CT molecular complexity index is 1210. The summed E-state index contributed by atoms with van der Waals surface area (Å²) in [6, 6.07) is 9.42. The van der Waals surface area contributed by atoms with E-state index in [4.69, 9.17) is 23.2 Å². The van der Waals surface area contributed by atoms with Crippen LogP contribution in [0.3, 0.4) is 0 Å². The molecule has 0 saturated carbocycles. The van der Waals surface area contributed by atoms with Crippen LogP contribution < -0.4 is 9.80 Å². The third-order valence-electron chi connectivity index (χ3n) is 5.75. The van der Waals surface area contributed by atoms with Gasteiger partial charge in [-0.25, -0.2) is 13.6 Å². The predicted molar refractivity (Wildman–Crippen MR) is 126 cm³/mol. The van der Waals surface area contributed by atoms with Gasteiger partial charge in [0.1, 0.15) is 12.0 Å². The summed E-state index contributed by atoms with van der Waals surface area (Å²) in [5.74, 6) is -2.36. The van der Waals surface area contributed by atoms with Crippen LogP contribution in [0.2, 0.25) is 5.02 Å². The quantitative estimate of drug-likeness (QED) is 0.558. The van der Waals surface area contributed by atoms with Crippen LogP contribution in [-0.2, 0) is 4.79 Å². The molecule has 2 aliphatic rings. The molecule has 1 amide bonds. The average molecular weight is 493 g/mol. The molecule has 1 heterocycles. The van der Waals surface area contributed by atoms with E-state index < -0.39 is 23.9 Å². The summed E-state index contributed by atoms with van der Waals surface area (Å²) in [7, 11) is 1.50. The zero-order valence-electron chi connectivity index (χ0n) is 17.6. The lowest BCUT2D eigenvalue weighted by atomic mass is 9.99. The van der Waals surface area contributed by atoms with Gasteiger partial charge >= 0.3 is 5.97 Å². The summed E-state index contributed by atoms with van der Waals surface area (Å²) >= 11 is 12.5. The molecule has 0 radical (unpaired) electrons. The molecule has 2 aromatic carbocycles. The van der Waals surface area contributed by atoms with Gasteiger partial charge < -0.3 is 14.9 Å². The van der Waals surface area contributed by atoms with E-state index in [0.29, 0.717) is 40.4 Å². The molecule has 5 nitrogen and oxygen atoms in total. The second-order valence-electron chi connectivity index (χ2n) is 7.94. The molecule has 172 valence electrons. The normalized spacial score (nSPS) is 16.4. The summed E-state index contributed by atoms with van der Waals surface area (Å²) < 4.78 is 28.1. The van der Waals surface area contributed by atoms with Crippen molar-refractivity contribution in [1.82, 2.24) is 0 Å². The van der Waals surface area contributed by atoms with E-state index in [9.17, 15) is 23.5 Å². The minimum Gasteiger partial charge on any atom is -0.478 e. The number of carboxylic acids is 1. The maximum absolute atomic E-state index is 14.4. The maximum atomic E-state index is 14.4. The second kappa shape index (κ2) is 9.15. The fourth-order valence-corrected chi connectivity index (χ4v) is 4.41. The number of halogens is 4. The van der Waals surface area contributed by atoms with Gasteiger partial charge in [0.15, 0.2) is 0 Å². The second-order valence-corrected chi connectivity index (χ2v) is 8.80. The molecule has 0 atom stereocenters. The number of carboxylic acid groups (broad SMARTS) is 1. The number of hydrogen-bond acceptors (Lipinski definition) is 3. The van der Waals surface area contributed by atoms with Crippen molar-refractivity contribution in [3.05, 3.63) is 69.5 Å². The van der Waals surface area contributed by atoms with Crippen molar-refractivity contribution in [2.75, 3.05) is 29.9 Å². The number of carbonyl (C=O) groups excluding carboxylic acids is 1. The molecule has 0 unspecified atom stereocenters. The van der Waals surface area contributed by atoms with Gasteiger partial charge in [-0.15, -0.1) is 0 Å². The molecule has 0 bridgehead atoms. The first-order valence-corrected chi connectivity index (χ1v) is 11.0. The van der Waals surface area contributed by atoms with E-state index in [1.165, 1.54) is 36.2 Å². The number of carbonyl (C=O) groups is 2. The Balaban J connectivity index is 1.77. The first-order chi connectivity index (χ1) is 15.7. The van der Waals surface area contributed by atoms with Crippen molar-refractivity contribution in [1.29, 1.82) is 0 Å². The van der Waals surface area contributed by atoms with E-state index in [-0.39, 0.29) is 29.3 Å². The number of benzene rings is 2. The number of aromatic carboxylic acids is 1. The maximum Gasteiger partial charge on any atom is 0.335 e. The Hall–Kier alpha value is -2.90. The Labute approximate surface area is 199 Å². The van der Waals surface area contributed by atoms with E-state index >= 15 is 0 Å². The zero-order valence-corrected chi connectivity index (χ0v) is 19.1. The van der Waals surface area contributed by atoms with Crippen molar-refractivity contribution < 1.29 is 23.5 Å². The van der Waals surface area contributed by atoms with Gasteiger partial charge in [0, 0.05) is 22.7 Å². The molecule has 1 fully saturated rings.